The molecule has 20 heavy (non-hydrogen) atoms. The van der Waals surface area contributed by atoms with Crippen LogP contribution in [0.15, 0.2) is 72.8 Å². The number of nitrogens with one attached hydrogen (secondary N) is 1. The molecule has 0 saturated heterocycles. The van der Waals surface area contributed by atoms with E-state index in [1.165, 1.54) is 5.56 Å². The average Bonchev–Trinajstić information content (AvgIpc) is 2.53. The molecule has 0 spiro atoms. The minimum absolute atomic E-state index is 0.866. The normalized spacial score (nSPS) is 11.8. The Hall–Kier alpha value is -2.74. The molecule has 2 heteroatoms. The van der Waals surface area contributed by atoms with Gasteiger partial charge in [0.2, 0.25) is 0 Å². The van der Waals surface area contributed by atoms with Crippen molar-refractivity contribution >= 4 is 11.4 Å². The van der Waals surface area contributed by atoms with Gasteiger partial charge in [-0.15, -0.1) is 0 Å². The molecule has 2 nitrogen and oxygen atoms in total. The van der Waals surface area contributed by atoms with Crippen molar-refractivity contribution in [3.63, 3.8) is 0 Å². The van der Waals surface area contributed by atoms with E-state index in [9.17, 15) is 0 Å². The molecule has 0 saturated carbocycles. The molecule has 96 valence electrons. The van der Waals surface area contributed by atoms with Crippen LogP contribution >= 0.6 is 0 Å². The summed E-state index contributed by atoms with van der Waals surface area (Å²) in [6.07, 6.45) is 0. The van der Waals surface area contributed by atoms with Gasteiger partial charge >= 0.3 is 0 Å². The number of hydrogen-bond acceptors (Lipinski definition) is 2. The minimum atomic E-state index is 0.866. The third kappa shape index (κ3) is 1.82. The summed E-state index contributed by atoms with van der Waals surface area (Å²) in [5, 5.41) is 3.39. The van der Waals surface area contributed by atoms with Crippen molar-refractivity contribution in [2.75, 3.05) is 5.32 Å². The van der Waals surface area contributed by atoms with Gasteiger partial charge in [-0.2, -0.15) is 0 Å². The van der Waals surface area contributed by atoms with Gasteiger partial charge in [0, 0.05) is 0 Å². The third-order valence-corrected chi connectivity index (χ3v) is 3.47. The first-order chi connectivity index (χ1) is 9.90. The highest BCUT2D eigenvalue weighted by Gasteiger charge is 2.16. The van der Waals surface area contributed by atoms with Gasteiger partial charge in [0.1, 0.15) is 0 Å². The van der Waals surface area contributed by atoms with Crippen molar-refractivity contribution in [3.05, 3.63) is 72.8 Å². The lowest BCUT2D eigenvalue weighted by Gasteiger charge is -2.22. The molecule has 0 amide bonds. The fraction of sp³-hybridized carbons (Fsp3) is 0. The largest absolute Gasteiger partial charge is 0.453 e. The minimum Gasteiger partial charge on any atom is -0.453 e. The van der Waals surface area contributed by atoms with Crippen LogP contribution in [0, 0.1) is 0 Å². The van der Waals surface area contributed by atoms with Crippen molar-refractivity contribution in [3.8, 4) is 22.6 Å². The van der Waals surface area contributed by atoms with Crippen LogP contribution in [0.1, 0.15) is 0 Å². The van der Waals surface area contributed by atoms with Gasteiger partial charge < -0.3 is 10.1 Å². The maximum absolute atomic E-state index is 5.98. The smallest absolute Gasteiger partial charge is 0.151 e. The number of fused-ring (bicyclic) bond motifs is 2. The zero-order valence-electron chi connectivity index (χ0n) is 10.8. The summed E-state index contributed by atoms with van der Waals surface area (Å²) in [5.74, 6) is 1.73. The summed E-state index contributed by atoms with van der Waals surface area (Å²) < 4.78 is 5.98. The molecule has 3 aromatic rings. The Balaban J connectivity index is 1.77. The monoisotopic (exact) mass is 259 g/mol. The molecule has 1 heterocycles. The summed E-state index contributed by atoms with van der Waals surface area (Å²) in [4.78, 5) is 0. The SMILES string of the molecule is c1ccc(-c2ccc3c(c2)Oc2ccccc2N3)cc1. The van der Waals surface area contributed by atoms with Crippen molar-refractivity contribution in [2.24, 2.45) is 0 Å². The highest BCUT2D eigenvalue weighted by Crippen LogP contribution is 2.43. The number of para-hydroxylation sites is 2. The summed E-state index contributed by atoms with van der Waals surface area (Å²) in [6, 6.07) is 24.5. The molecule has 4 rings (SSSR count). The number of benzene rings is 3. The van der Waals surface area contributed by atoms with Crippen LogP contribution in [-0.2, 0) is 0 Å². The maximum Gasteiger partial charge on any atom is 0.151 e. The van der Waals surface area contributed by atoms with E-state index in [4.69, 9.17) is 4.74 Å². The molecular weight excluding hydrogens is 246 g/mol. The van der Waals surface area contributed by atoms with E-state index in [1.54, 1.807) is 0 Å². The van der Waals surface area contributed by atoms with E-state index in [-0.39, 0.29) is 0 Å². The Kier molecular flexibility index (Phi) is 2.46. The van der Waals surface area contributed by atoms with Crippen LogP contribution in [0.3, 0.4) is 0 Å². The van der Waals surface area contributed by atoms with Crippen LogP contribution in [-0.4, -0.2) is 0 Å². The molecule has 1 aliphatic rings. The highest BCUT2D eigenvalue weighted by molar-refractivity contribution is 5.79. The fourth-order valence-electron chi connectivity index (χ4n) is 2.44. The van der Waals surface area contributed by atoms with Crippen LogP contribution in [0.4, 0.5) is 11.4 Å². The summed E-state index contributed by atoms with van der Waals surface area (Å²) >= 11 is 0. The summed E-state index contributed by atoms with van der Waals surface area (Å²) in [5.41, 5.74) is 4.36. The number of rotatable bonds is 1. The molecule has 3 aromatic carbocycles. The second-order valence-electron chi connectivity index (χ2n) is 4.80. The van der Waals surface area contributed by atoms with Crippen LogP contribution < -0.4 is 10.1 Å². The van der Waals surface area contributed by atoms with Crippen LogP contribution in [0.5, 0.6) is 11.5 Å². The van der Waals surface area contributed by atoms with E-state index in [0.717, 1.165) is 28.4 Å². The first-order valence-electron chi connectivity index (χ1n) is 6.63. The quantitative estimate of drug-likeness (QED) is 0.507. The second kappa shape index (κ2) is 4.42. The summed E-state index contributed by atoms with van der Waals surface area (Å²) in [6.45, 7) is 0. The predicted molar refractivity (Wildman–Crippen MR) is 81.7 cm³/mol. The third-order valence-electron chi connectivity index (χ3n) is 3.47. The van der Waals surface area contributed by atoms with Crippen molar-refractivity contribution in [1.82, 2.24) is 0 Å². The Morgan fingerprint density at radius 3 is 2.25 bits per heavy atom. The Morgan fingerprint density at radius 1 is 0.600 bits per heavy atom. The second-order valence-corrected chi connectivity index (χ2v) is 4.80. The molecular formula is C18H13NO. The lowest BCUT2D eigenvalue weighted by atomic mass is 10.0. The summed E-state index contributed by atoms with van der Waals surface area (Å²) in [7, 11) is 0. The Bertz CT molecular complexity index is 765. The lowest BCUT2D eigenvalue weighted by molar-refractivity contribution is 0.481. The predicted octanol–water partition coefficient (Wildman–Crippen LogP) is 5.20. The number of anilines is 2. The molecule has 0 fully saturated rings. The van der Waals surface area contributed by atoms with Crippen LogP contribution in [0.2, 0.25) is 0 Å². The standard InChI is InChI=1S/C18H13NO/c1-2-6-13(7-3-1)14-10-11-16-18(12-14)20-17-9-5-4-8-15(17)19-16/h1-12,19H. The molecule has 0 aliphatic carbocycles. The van der Waals surface area contributed by atoms with Gasteiger partial charge in [-0.1, -0.05) is 48.5 Å². The van der Waals surface area contributed by atoms with Crippen LogP contribution in [0.25, 0.3) is 11.1 Å². The molecule has 1 aliphatic heterocycles. The molecule has 0 radical (unpaired) electrons. The van der Waals surface area contributed by atoms with Gasteiger partial charge in [-0.3, -0.25) is 0 Å². The van der Waals surface area contributed by atoms with Crippen molar-refractivity contribution < 1.29 is 4.74 Å². The van der Waals surface area contributed by atoms with E-state index < -0.39 is 0 Å². The highest BCUT2D eigenvalue weighted by atomic mass is 16.5. The lowest BCUT2D eigenvalue weighted by Crippen LogP contribution is -2.02. The first-order valence-corrected chi connectivity index (χ1v) is 6.63. The van der Waals surface area contributed by atoms with E-state index >= 15 is 0 Å². The zero-order valence-corrected chi connectivity index (χ0v) is 10.8. The molecule has 0 aromatic heterocycles. The molecule has 0 unspecified atom stereocenters. The van der Waals surface area contributed by atoms with E-state index in [1.807, 2.05) is 42.5 Å². The van der Waals surface area contributed by atoms with Gasteiger partial charge in [0.15, 0.2) is 11.5 Å². The van der Waals surface area contributed by atoms with E-state index in [2.05, 4.69) is 35.6 Å². The molecule has 0 bridgehead atoms. The Morgan fingerprint density at radius 2 is 1.35 bits per heavy atom. The number of hydrogen-bond donors (Lipinski definition) is 1. The topological polar surface area (TPSA) is 21.3 Å². The maximum atomic E-state index is 5.98. The van der Waals surface area contributed by atoms with Crippen molar-refractivity contribution in [2.45, 2.75) is 0 Å². The van der Waals surface area contributed by atoms with Gasteiger partial charge in [0.05, 0.1) is 11.4 Å². The van der Waals surface area contributed by atoms with Gasteiger partial charge in [0.25, 0.3) is 0 Å². The first kappa shape index (κ1) is 11.1. The van der Waals surface area contributed by atoms with Crippen molar-refractivity contribution in [1.29, 1.82) is 0 Å². The fourth-order valence-corrected chi connectivity index (χ4v) is 2.44. The zero-order chi connectivity index (χ0) is 13.4. The Labute approximate surface area is 117 Å². The van der Waals surface area contributed by atoms with Gasteiger partial charge in [-0.05, 0) is 35.4 Å². The van der Waals surface area contributed by atoms with E-state index in [0.29, 0.717) is 0 Å². The average molecular weight is 259 g/mol. The molecule has 0 atom stereocenters. The van der Waals surface area contributed by atoms with Gasteiger partial charge in [-0.25, -0.2) is 0 Å². The molecule has 1 N–H and O–H groups in total. The number of ether oxygens (including phenoxy) is 1.